The summed E-state index contributed by atoms with van der Waals surface area (Å²) in [5.74, 6) is 0.711. The molecular weight excluding hydrogens is 206 g/mol. The monoisotopic (exact) mass is 229 g/mol. The molecule has 1 fully saturated rings. The maximum atomic E-state index is 10.8. The summed E-state index contributed by atoms with van der Waals surface area (Å²) in [6.07, 6.45) is 2.07. The van der Waals surface area contributed by atoms with Crippen LogP contribution in [0.15, 0.2) is 0 Å². The van der Waals surface area contributed by atoms with Gasteiger partial charge in [0.2, 0.25) is 0 Å². The van der Waals surface area contributed by atoms with Crippen LogP contribution in [0.2, 0.25) is 0 Å². The molecule has 0 aliphatic carbocycles. The number of carbonyl (C=O) groups excluding carboxylic acids is 2. The Bertz CT molecular complexity index is 215. The lowest BCUT2D eigenvalue weighted by Gasteiger charge is -2.19. The summed E-state index contributed by atoms with van der Waals surface area (Å²) in [5, 5.41) is 3.22. The molecule has 0 aromatic carbocycles. The van der Waals surface area contributed by atoms with Gasteiger partial charge in [-0.1, -0.05) is 0 Å². The van der Waals surface area contributed by atoms with Gasteiger partial charge in [-0.05, 0) is 53.6 Å². The molecule has 1 aliphatic rings. The highest BCUT2D eigenvalue weighted by molar-refractivity contribution is 5.78. The van der Waals surface area contributed by atoms with Gasteiger partial charge in [-0.15, -0.1) is 0 Å². The first-order valence-electron chi connectivity index (χ1n) is 5.69. The zero-order valence-corrected chi connectivity index (χ0v) is 10.7. The van der Waals surface area contributed by atoms with Crippen LogP contribution in [0.3, 0.4) is 0 Å². The third-order valence-corrected chi connectivity index (χ3v) is 2.32. The molecule has 1 heterocycles. The molecule has 1 rings (SSSR count). The zero-order valence-electron chi connectivity index (χ0n) is 10.7. The topological polar surface area (TPSA) is 55.4 Å². The van der Waals surface area contributed by atoms with Gasteiger partial charge in [-0.2, -0.15) is 0 Å². The van der Waals surface area contributed by atoms with Gasteiger partial charge in [0.15, 0.2) is 0 Å². The van der Waals surface area contributed by atoms with Crippen molar-refractivity contribution < 1.29 is 14.3 Å². The third-order valence-electron chi connectivity index (χ3n) is 2.32. The predicted octanol–water partition coefficient (Wildman–Crippen LogP) is 1.53. The van der Waals surface area contributed by atoms with Crippen LogP contribution in [0.5, 0.6) is 0 Å². The van der Waals surface area contributed by atoms with E-state index in [4.69, 9.17) is 0 Å². The van der Waals surface area contributed by atoms with E-state index in [1.165, 1.54) is 0 Å². The number of rotatable bonds is 2. The maximum Gasteiger partial charge on any atom is 0.293 e. The van der Waals surface area contributed by atoms with Crippen LogP contribution in [-0.2, 0) is 14.3 Å². The number of ether oxygens (including phenoxy) is 1. The molecule has 1 N–H and O–H groups in total. The van der Waals surface area contributed by atoms with E-state index in [1.54, 1.807) is 6.92 Å². The summed E-state index contributed by atoms with van der Waals surface area (Å²) in [4.78, 5) is 20.4. The number of ketones is 1. The summed E-state index contributed by atoms with van der Waals surface area (Å²) in [5.41, 5.74) is -0.318. The average molecular weight is 229 g/mol. The first-order chi connectivity index (χ1) is 7.37. The number of nitrogens with one attached hydrogen (secondary N) is 1. The molecule has 0 aromatic rings. The lowest BCUT2D eigenvalue weighted by molar-refractivity contribution is -0.138. The fourth-order valence-electron chi connectivity index (χ4n) is 1.37. The molecule has 0 unspecified atom stereocenters. The van der Waals surface area contributed by atoms with Crippen molar-refractivity contribution in [3.63, 3.8) is 0 Å². The molecule has 0 radical (unpaired) electrons. The van der Waals surface area contributed by atoms with Gasteiger partial charge < -0.3 is 10.1 Å². The second-order valence-electron chi connectivity index (χ2n) is 4.96. The van der Waals surface area contributed by atoms with Crippen LogP contribution in [0, 0.1) is 5.92 Å². The van der Waals surface area contributed by atoms with Crippen molar-refractivity contribution in [2.45, 2.75) is 46.1 Å². The van der Waals surface area contributed by atoms with Gasteiger partial charge in [-0.25, -0.2) is 0 Å². The van der Waals surface area contributed by atoms with Gasteiger partial charge >= 0.3 is 0 Å². The normalized spacial score (nSPS) is 17.0. The minimum Gasteiger partial charge on any atom is -0.462 e. The highest BCUT2D eigenvalue weighted by Gasteiger charge is 2.16. The van der Waals surface area contributed by atoms with E-state index in [0.29, 0.717) is 18.2 Å². The van der Waals surface area contributed by atoms with E-state index < -0.39 is 0 Å². The molecule has 0 spiro atoms. The van der Waals surface area contributed by atoms with Crippen molar-refractivity contribution in [3.05, 3.63) is 0 Å². The third kappa shape index (κ3) is 8.41. The van der Waals surface area contributed by atoms with Crippen LogP contribution < -0.4 is 5.32 Å². The van der Waals surface area contributed by atoms with E-state index in [-0.39, 0.29) is 5.60 Å². The minimum absolute atomic E-state index is 0.318. The molecule has 1 saturated heterocycles. The molecule has 94 valence electrons. The minimum atomic E-state index is -0.318. The predicted molar refractivity (Wildman–Crippen MR) is 63.2 cm³/mol. The van der Waals surface area contributed by atoms with Crippen molar-refractivity contribution >= 4 is 12.3 Å². The van der Waals surface area contributed by atoms with Gasteiger partial charge in [0.25, 0.3) is 6.47 Å². The van der Waals surface area contributed by atoms with Crippen LogP contribution in [0.4, 0.5) is 0 Å². The number of hydrogen-bond acceptors (Lipinski definition) is 4. The number of carbonyl (C=O) groups is 2. The first kappa shape index (κ1) is 15.1. The summed E-state index contributed by atoms with van der Waals surface area (Å²) in [7, 11) is 0. The lowest BCUT2D eigenvalue weighted by atomic mass is 9.95. The Hall–Kier alpha value is -0.900. The van der Waals surface area contributed by atoms with Crippen LogP contribution >= 0.6 is 0 Å². The lowest BCUT2D eigenvalue weighted by Crippen LogP contribution is -2.30. The maximum absolute atomic E-state index is 10.8. The number of Topliss-reactive ketones (excluding diaryl/α,β-unsaturated/α-hetero) is 1. The highest BCUT2D eigenvalue weighted by Crippen LogP contribution is 2.11. The first-order valence-corrected chi connectivity index (χ1v) is 5.69. The Morgan fingerprint density at radius 2 is 1.81 bits per heavy atom. The van der Waals surface area contributed by atoms with Crippen molar-refractivity contribution in [1.29, 1.82) is 0 Å². The molecule has 0 aromatic heterocycles. The van der Waals surface area contributed by atoms with Crippen LogP contribution in [0.1, 0.15) is 40.5 Å². The largest absolute Gasteiger partial charge is 0.462 e. The van der Waals surface area contributed by atoms with E-state index >= 15 is 0 Å². The van der Waals surface area contributed by atoms with Crippen molar-refractivity contribution in [3.8, 4) is 0 Å². The van der Waals surface area contributed by atoms with Gasteiger partial charge in [-0.3, -0.25) is 9.59 Å². The van der Waals surface area contributed by atoms with Crippen molar-refractivity contribution in [2.75, 3.05) is 13.1 Å². The van der Waals surface area contributed by atoms with Gasteiger partial charge in [0.1, 0.15) is 11.4 Å². The highest BCUT2D eigenvalue weighted by atomic mass is 16.5. The Labute approximate surface area is 97.7 Å². The van der Waals surface area contributed by atoms with E-state index in [9.17, 15) is 9.59 Å². The fourth-order valence-corrected chi connectivity index (χ4v) is 1.37. The van der Waals surface area contributed by atoms with E-state index in [2.05, 4.69) is 10.1 Å². The Kier molecular flexibility index (Phi) is 6.97. The fraction of sp³-hybridized carbons (Fsp3) is 0.833. The molecule has 0 amide bonds. The molecule has 1 aliphatic heterocycles. The zero-order chi connectivity index (χ0) is 12.6. The van der Waals surface area contributed by atoms with Crippen molar-refractivity contribution in [2.24, 2.45) is 5.92 Å². The SMILES string of the molecule is CC(=O)C1CCNCC1.CC(C)(C)OC=O. The van der Waals surface area contributed by atoms with Crippen molar-refractivity contribution in [1.82, 2.24) is 5.32 Å². The summed E-state index contributed by atoms with van der Waals surface area (Å²) in [6, 6.07) is 0. The standard InChI is InChI=1S/C7H13NO.C5H10O2/c1-6(9)7-2-4-8-5-3-7;1-5(2,3)7-4-6/h7-8H,2-5H2,1H3;4H,1-3H3. The molecule has 0 bridgehead atoms. The molecule has 4 heteroatoms. The van der Waals surface area contributed by atoms with E-state index in [1.807, 2.05) is 20.8 Å². The Morgan fingerprint density at radius 1 is 1.31 bits per heavy atom. The van der Waals surface area contributed by atoms with Crippen LogP contribution in [-0.4, -0.2) is 30.9 Å². The molecular formula is C12H23NO3. The molecule has 16 heavy (non-hydrogen) atoms. The smallest absolute Gasteiger partial charge is 0.293 e. The number of piperidine rings is 1. The second kappa shape index (κ2) is 7.39. The summed E-state index contributed by atoms with van der Waals surface area (Å²) < 4.78 is 4.55. The summed E-state index contributed by atoms with van der Waals surface area (Å²) >= 11 is 0. The Morgan fingerprint density at radius 3 is 2.00 bits per heavy atom. The molecule has 0 saturated carbocycles. The van der Waals surface area contributed by atoms with E-state index in [0.717, 1.165) is 25.9 Å². The molecule has 4 nitrogen and oxygen atoms in total. The Balaban J connectivity index is 0.000000293. The average Bonchev–Trinajstić information content (AvgIpc) is 2.18. The van der Waals surface area contributed by atoms with Gasteiger partial charge in [0.05, 0.1) is 0 Å². The second-order valence-corrected chi connectivity index (χ2v) is 4.96. The van der Waals surface area contributed by atoms with Crippen LogP contribution in [0.25, 0.3) is 0 Å². The summed E-state index contributed by atoms with van der Waals surface area (Å²) in [6.45, 7) is 9.65. The quantitative estimate of drug-likeness (QED) is 0.730. The van der Waals surface area contributed by atoms with Gasteiger partial charge in [0, 0.05) is 5.92 Å². The molecule has 0 atom stereocenters. The number of hydrogen-bond donors (Lipinski definition) is 1.